The minimum atomic E-state index is 0.107. The number of aromatic nitrogens is 2. The highest BCUT2D eigenvalue weighted by molar-refractivity contribution is 7.12. The van der Waals surface area contributed by atoms with Crippen LogP contribution in [0.25, 0.3) is 0 Å². The molecule has 0 spiro atoms. The zero-order valence-electron chi connectivity index (χ0n) is 13.6. The molecule has 0 saturated carbocycles. The van der Waals surface area contributed by atoms with E-state index in [4.69, 9.17) is 4.42 Å². The Balaban J connectivity index is 1.40. The lowest BCUT2D eigenvalue weighted by molar-refractivity contribution is -0.131. The third kappa shape index (κ3) is 4.00. The number of carbonyl (C=O) groups is 2. The lowest BCUT2D eigenvalue weighted by atomic mass is 10.1. The maximum Gasteiger partial charge on any atom is 0.318 e. The summed E-state index contributed by atoms with van der Waals surface area (Å²) in [6, 6.07) is 4.21. The standard InChI is InChI=1S/C16H20N4O3S/c1-12-17-18-16(23-12)20-9-7-19(8-10-20)15(22)6-2-4-13(21)14-5-3-11-24-14/h3,5,11H,2,4,6-10H2,1H3. The van der Waals surface area contributed by atoms with Gasteiger partial charge in [0, 0.05) is 45.9 Å². The summed E-state index contributed by atoms with van der Waals surface area (Å²) in [7, 11) is 0. The van der Waals surface area contributed by atoms with Gasteiger partial charge in [-0.2, -0.15) is 0 Å². The molecule has 0 unspecified atom stereocenters. The van der Waals surface area contributed by atoms with E-state index in [-0.39, 0.29) is 11.7 Å². The Bertz CT molecular complexity index is 690. The number of piperazine rings is 1. The van der Waals surface area contributed by atoms with Crippen LogP contribution in [0.15, 0.2) is 21.9 Å². The van der Waals surface area contributed by atoms with Gasteiger partial charge >= 0.3 is 6.01 Å². The Hall–Kier alpha value is -2.22. The lowest BCUT2D eigenvalue weighted by Crippen LogP contribution is -2.48. The smallest absolute Gasteiger partial charge is 0.318 e. The van der Waals surface area contributed by atoms with Gasteiger partial charge in [0.25, 0.3) is 0 Å². The summed E-state index contributed by atoms with van der Waals surface area (Å²) in [5.41, 5.74) is 0. The SMILES string of the molecule is Cc1nnc(N2CCN(C(=O)CCCC(=O)c3cccs3)CC2)o1. The molecule has 1 fully saturated rings. The van der Waals surface area contributed by atoms with Crippen LogP contribution in [0.2, 0.25) is 0 Å². The predicted molar refractivity (Wildman–Crippen MR) is 90.3 cm³/mol. The van der Waals surface area contributed by atoms with E-state index in [1.807, 2.05) is 27.3 Å². The van der Waals surface area contributed by atoms with Gasteiger partial charge in [-0.1, -0.05) is 11.2 Å². The molecule has 1 aliphatic heterocycles. The monoisotopic (exact) mass is 348 g/mol. The van der Waals surface area contributed by atoms with Gasteiger partial charge in [-0.25, -0.2) is 0 Å². The van der Waals surface area contributed by atoms with E-state index < -0.39 is 0 Å². The molecule has 1 amide bonds. The zero-order chi connectivity index (χ0) is 16.9. The van der Waals surface area contributed by atoms with Crippen LogP contribution in [-0.2, 0) is 4.79 Å². The van der Waals surface area contributed by atoms with Crippen LogP contribution < -0.4 is 4.90 Å². The second-order valence-electron chi connectivity index (χ2n) is 5.73. The summed E-state index contributed by atoms with van der Waals surface area (Å²) in [4.78, 5) is 28.8. The van der Waals surface area contributed by atoms with Crippen molar-refractivity contribution in [1.29, 1.82) is 0 Å². The van der Waals surface area contributed by atoms with Crippen LogP contribution in [0.5, 0.6) is 0 Å². The Morgan fingerprint density at radius 1 is 1.21 bits per heavy atom. The molecule has 128 valence electrons. The van der Waals surface area contributed by atoms with Crippen molar-refractivity contribution in [1.82, 2.24) is 15.1 Å². The van der Waals surface area contributed by atoms with Gasteiger partial charge in [-0.05, 0) is 17.9 Å². The van der Waals surface area contributed by atoms with Crippen molar-refractivity contribution < 1.29 is 14.0 Å². The molecule has 1 aliphatic rings. The molecule has 0 aliphatic carbocycles. The first-order valence-corrected chi connectivity index (χ1v) is 8.91. The highest BCUT2D eigenvalue weighted by Gasteiger charge is 2.23. The minimum Gasteiger partial charge on any atom is -0.408 e. The molecule has 3 rings (SSSR count). The Morgan fingerprint density at radius 2 is 2.00 bits per heavy atom. The molecule has 8 heteroatoms. The molecule has 0 N–H and O–H groups in total. The number of nitrogens with zero attached hydrogens (tertiary/aromatic N) is 4. The molecule has 2 aromatic heterocycles. The average Bonchev–Trinajstić information content (AvgIpc) is 3.26. The molecular weight excluding hydrogens is 328 g/mol. The average molecular weight is 348 g/mol. The Labute approximate surface area is 144 Å². The van der Waals surface area contributed by atoms with Crippen LogP contribution in [0, 0.1) is 6.92 Å². The number of hydrogen-bond acceptors (Lipinski definition) is 7. The number of amides is 1. The number of anilines is 1. The van der Waals surface area contributed by atoms with E-state index in [0.717, 1.165) is 4.88 Å². The van der Waals surface area contributed by atoms with E-state index >= 15 is 0 Å². The van der Waals surface area contributed by atoms with Crippen molar-refractivity contribution in [2.24, 2.45) is 0 Å². The van der Waals surface area contributed by atoms with E-state index in [9.17, 15) is 9.59 Å². The third-order valence-electron chi connectivity index (χ3n) is 4.01. The molecule has 0 atom stereocenters. The number of thiophene rings is 1. The number of hydrogen-bond donors (Lipinski definition) is 0. The minimum absolute atomic E-state index is 0.107. The topological polar surface area (TPSA) is 79.5 Å². The normalized spacial score (nSPS) is 14.9. The Morgan fingerprint density at radius 3 is 2.62 bits per heavy atom. The molecule has 0 bridgehead atoms. The van der Waals surface area contributed by atoms with Gasteiger partial charge in [-0.15, -0.1) is 16.4 Å². The summed E-state index contributed by atoms with van der Waals surface area (Å²) in [6.45, 7) is 4.40. The highest BCUT2D eigenvalue weighted by Crippen LogP contribution is 2.16. The number of carbonyl (C=O) groups excluding carboxylic acids is 2. The van der Waals surface area contributed by atoms with Crippen LogP contribution >= 0.6 is 11.3 Å². The van der Waals surface area contributed by atoms with Crippen molar-refractivity contribution in [2.45, 2.75) is 26.2 Å². The number of Topliss-reactive ketones (excluding diaryl/α,β-unsaturated/α-hetero) is 1. The second-order valence-corrected chi connectivity index (χ2v) is 6.67. The van der Waals surface area contributed by atoms with Crippen LogP contribution in [-0.4, -0.2) is 53.0 Å². The number of rotatable bonds is 6. The van der Waals surface area contributed by atoms with Gasteiger partial charge < -0.3 is 14.2 Å². The van der Waals surface area contributed by atoms with Crippen molar-refractivity contribution >= 4 is 29.0 Å². The fraction of sp³-hybridized carbons (Fsp3) is 0.500. The first-order valence-electron chi connectivity index (χ1n) is 8.03. The van der Waals surface area contributed by atoms with Crippen LogP contribution in [0.1, 0.15) is 34.8 Å². The van der Waals surface area contributed by atoms with Crippen LogP contribution in [0.3, 0.4) is 0 Å². The van der Waals surface area contributed by atoms with Gasteiger partial charge in [-0.3, -0.25) is 9.59 Å². The molecule has 1 saturated heterocycles. The second kappa shape index (κ2) is 7.57. The molecule has 0 radical (unpaired) electrons. The Kier molecular flexibility index (Phi) is 5.24. The third-order valence-corrected chi connectivity index (χ3v) is 4.92. The van der Waals surface area contributed by atoms with Crippen molar-refractivity contribution in [3.05, 3.63) is 28.3 Å². The molecular formula is C16H20N4O3S. The van der Waals surface area contributed by atoms with E-state index in [1.165, 1.54) is 11.3 Å². The maximum absolute atomic E-state index is 12.3. The highest BCUT2D eigenvalue weighted by atomic mass is 32.1. The molecule has 0 aromatic carbocycles. The summed E-state index contributed by atoms with van der Waals surface area (Å²) >= 11 is 1.45. The molecule has 24 heavy (non-hydrogen) atoms. The first-order chi connectivity index (χ1) is 11.6. The van der Waals surface area contributed by atoms with E-state index in [2.05, 4.69) is 10.2 Å². The fourth-order valence-corrected chi connectivity index (χ4v) is 3.37. The quantitative estimate of drug-likeness (QED) is 0.744. The first kappa shape index (κ1) is 16.6. The van der Waals surface area contributed by atoms with Crippen molar-refractivity contribution in [2.75, 3.05) is 31.1 Å². The summed E-state index contributed by atoms with van der Waals surface area (Å²) in [5, 5.41) is 9.72. The lowest BCUT2D eigenvalue weighted by Gasteiger charge is -2.33. The van der Waals surface area contributed by atoms with Crippen molar-refractivity contribution in [3.8, 4) is 0 Å². The van der Waals surface area contributed by atoms with Gasteiger partial charge in [0.15, 0.2) is 5.78 Å². The molecule has 2 aromatic rings. The fourth-order valence-electron chi connectivity index (χ4n) is 2.68. The zero-order valence-corrected chi connectivity index (χ0v) is 14.4. The van der Waals surface area contributed by atoms with Gasteiger partial charge in [0.05, 0.1) is 4.88 Å². The summed E-state index contributed by atoms with van der Waals surface area (Å²) in [6.07, 6.45) is 1.43. The molecule has 3 heterocycles. The van der Waals surface area contributed by atoms with E-state index in [1.54, 1.807) is 6.92 Å². The summed E-state index contributed by atoms with van der Waals surface area (Å²) < 4.78 is 5.41. The van der Waals surface area contributed by atoms with Gasteiger partial charge in [0.2, 0.25) is 11.8 Å². The number of aryl methyl sites for hydroxylation is 1. The van der Waals surface area contributed by atoms with Crippen LogP contribution in [0.4, 0.5) is 6.01 Å². The summed E-state index contributed by atoms with van der Waals surface area (Å²) in [5.74, 6) is 0.767. The maximum atomic E-state index is 12.3. The van der Waals surface area contributed by atoms with Gasteiger partial charge in [0.1, 0.15) is 0 Å². The largest absolute Gasteiger partial charge is 0.408 e. The van der Waals surface area contributed by atoms with E-state index in [0.29, 0.717) is 57.3 Å². The predicted octanol–water partition coefficient (Wildman–Crippen LogP) is 2.14. The van der Waals surface area contributed by atoms with Crippen molar-refractivity contribution in [3.63, 3.8) is 0 Å². The number of ketones is 1. The molecule has 7 nitrogen and oxygen atoms in total.